The minimum absolute atomic E-state index is 0.0461. The van der Waals surface area contributed by atoms with Crippen LogP contribution < -0.4 is 11.3 Å². The van der Waals surface area contributed by atoms with E-state index in [4.69, 9.17) is 10.9 Å². The average molecular weight is 278 g/mol. The number of carbonyl (C=O) groups excluding carboxylic acids is 1. The Labute approximate surface area is 107 Å². The van der Waals surface area contributed by atoms with Crippen LogP contribution in [-0.4, -0.2) is 46.8 Å². The number of nitrogens with two attached hydrogens (primary N) is 1. The quantitative estimate of drug-likeness (QED) is 0.534. The highest BCUT2D eigenvalue weighted by atomic mass is 19.4. The second kappa shape index (κ2) is 6.34. The molecule has 1 aromatic heterocycles. The van der Waals surface area contributed by atoms with Crippen LogP contribution in [0.4, 0.5) is 18.9 Å². The molecular formula is C10H13F3N4O2. The van der Waals surface area contributed by atoms with Gasteiger partial charge in [0.25, 0.3) is 5.91 Å². The number of rotatable bonds is 5. The summed E-state index contributed by atoms with van der Waals surface area (Å²) < 4.78 is 37.1. The molecule has 9 heteroatoms. The molecule has 0 aromatic carbocycles. The first-order valence-corrected chi connectivity index (χ1v) is 5.26. The van der Waals surface area contributed by atoms with Gasteiger partial charge in [-0.25, -0.2) is 0 Å². The van der Waals surface area contributed by atoms with E-state index in [-0.39, 0.29) is 11.3 Å². The lowest BCUT2D eigenvalue weighted by Crippen LogP contribution is -2.41. The molecule has 4 N–H and O–H groups in total. The summed E-state index contributed by atoms with van der Waals surface area (Å²) in [5.41, 5.74) is 2.25. The Balaban J connectivity index is 2.99. The topological polar surface area (TPSA) is 91.5 Å². The van der Waals surface area contributed by atoms with Crippen LogP contribution in [0.3, 0.4) is 0 Å². The van der Waals surface area contributed by atoms with Gasteiger partial charge in [0, 0.05) is 12.7 Å². The first-order chi connectivity index (χ1) is 8.89. The maximum Gasteiger partial charge on any atom is 0.406 e. The lowest BCUT2D eigenvalue weighted by molar-refractivity contribution is -0.141. The molecule has 0 aliphatic rings. The number of amides is 1. The molecule has 0 fully saturated rings. The maximum atomic E-state index is 12.4. The lowest BCUT2D eigenvalue weighted by Gasteiger charge is -2.23. The van der Waals surface area contributed by atoms with Crippen molar-refractivity contribution >= 4 is 11.6 Å². The predicted molar refractivity (Wildman–Crippen MR) is 61.1 cm³/mol. The van der Waals surface area contributed by atoms with Crippen LogP contribution in [0.5, 0.6) is 0 Å². The van der Waals surface area contributed by atoms with Gasteiger partial charge in [-0.2, -0.15) is 13.2 Å². The first kappa shape index (κ1) is 15.2. The molecule has 19 heavy (non-hydrogen) atoms. The molecule has 0 unspecified atom stereocenters. The molecule has 0 spiro atoms. The van der Waals surface area contributed by atoms with Crippen molar-refractivity contribution in [2.45, 2.75) is 6.18 Å². The van der Waals surface area contributed by atoms with E-state index in [1.165, 1.54) is 18.5 Å². The van der Waals surface area contributed by atoms with Crippen LogP contribution in [-0.2, 0) is 0 Å². The summed E-state index contributed by atoms with van der Waals surface area (Å²) in [6.45, 7) is -2.44. The zero-order valence-electron chi connectivity index (χ0n) is 9.81. The Hall–Kier alpha value is -1.87. The summed E-state index contributed by atoms with van der Waals surface area (Å²) in [5, 5.41) is 8.74. The zero-order valence-corrected chi connectivity index (χ0v) is 9.81. The van der Waals surface area contributed by atoms with E-state index in [2.05, 4.69) is 10.4 Å². The van der Waals surface area contributed by atoms with E-state index in [0.717, 1.165) is 0 Å². The Kier molecular flexibility index (Phi) is 5.07. The van der Waals surface area contributed by atoms with Crippen LogP contribution in [0.1, 0.15) is 10.4 Å². The molecule has 1 amide bonds. The summed E-state index contributed by atoms with van der Waals surface area (Å²) in [4.78, 5) is 16.2. The van der Waals surface area contributed by atoms with Crippen LogP contribution in [0, 0.1) is 0 Å². The normalized spacial score (nSPS) is 11.2. The molecule has 1 aromatic rings. The summed E-state index contributed by atoms with van der Waals surface area (Å²) in [6, 6.07) is 1.25. The molecule has 1 rings (SSSR count). The van der Waals surface area contributed by atoms with Gasteiger partial charge in [0.05, 0.1) is 24.1 Å². The van der Waals surface area contributed by atoms with E-state index >= 15 is 0 Å². The van der Waals surface area contributed by atoms with Crippen molar-refractivity contribution in [3.8, 4) is 0 Å². The third kappa shape index (κ3) is 4.38. The molecule has 0 atom stereocenters. The highest BCUT2D eigenvalue weighted by Gasteiger charge is 2.33. The lowest BCUT2D eigenvalue weighted by atomic mass is 10.2. The van der Waals surface area contributed by atoms with Gasteiger partial charge in [-0.3, -0.25) is 15.6 Å². The van der Waals surface area contributed by atoms with Gasteiger partial charge in [0.2, 0.25) is 0 Å². The largest absolute Gasteiger partial charge is 0.406 e. The summed E-state index contributed by atoms with van der Waals surface area (Å²) >= 11 is 0. The number of hydrogen-bond donors (Lipinski definition) is 3. The van der Waals surface area contributed by atoms with E-state index in [0.29, 0.717) is 4.90 Å². The molecule has 0 aliphatic carbocycles. The predicted octanol–water partition coefficient (Wildman–Crippen LogP) is 0.364. The Bertz CT molecular complexity index is 439. The third-order valence-electron chi connectivity index (χ3n) is 2.23. The average Bonchev–Trinajstić information content (AvgIpc) is 2.36. The number of hydrazine groups is 1. The zero-order chi connectivity index (χ0) is 14.5. The van der Waals surface area contributed by atoms with Crippen molar-refractivity contribution in [1.29, 1.82) is 0 Å². The van der Waals surface area contributed by atoms with Crippen molar-refractivity contribution in [3.63, 3.8) is 0 Å². The van der Waals surface area contributed by atoms with Gasteiger partial charge in [0.1, 0.15) is 6.54 Å². The van der Waals surface area contributed by atoms with Crippen molar-refractivity contribution in [1.82, 2.24) is 9.88 Å². The highest BCUT2D eigenvalue weighted by molar-refractivity contribution is 5.99. The van der Waals surface area contributed by atoms with Crippen molar-refractivity contribution in [2.24, 2.45) is 5.84 Å². The van der Waals surface area contributed by atoms with E-state index in [1.54, 1.807) is 0 Å². The monoisotopic (exact) mass is 278 g/mol. The van der Waals surface area contributed by atoms with Gasteiger partial charge >= 0.3 is 6.18 Å². The molecular weight excluding hydrogens is 265 g/mol. The fraction of sp³-hybridized carbons (Fsp3) is 0.400. The fourth-order valence-corrected chi connectivity index (χ4v) is 1.46. The number of nitrogens with zero attached hydrogens (tertiary/aromatic N) is 2. The van der Waals surface area contributed by atoms with Crippen LogP contribution in [0.15, 0.2) is 18.5 Å². The number of aliphatic hydroxyl groups is 1. The van der Waals surface area contributed by atoms with Gasteiger partial charge in [-0.15, -0.1) is 0 Å². The van der Waals surface area contributed by atoms with Crippen LogP contribution in [0.25, 0.3) is 0 Å². The maximum absolute atomic E-state index is 12.4. The molecule has 6 nitrogen and oxygen atoms in total. The van der Waals surface area contributed by atoms with Crippen molar-refractivity contribution in [2.75, 3.05) is 25.1 Å². The number of carbonyl (C=O) groups is 1. The number of hydrogen-bond acceptors (Lipinski definition) is 5. The van der Waals surface area contributed by atoms with Gasteiger partial charge in [0.15, 0.2) is 0 Å². The Morgan fingerprint density at radius 3 is 2.74 bits per heavy atom. The van der Waals surface area contributed by atoms with Gasteiger partial charge in [-0.1, -0.05) is 0 Å². The molecule has 1 heterocycles. The third-order valence-corrected chi connectivity index (χ3v) is 2.23. The second-order valence-corrected chi connectivity index (χ2v) is 3.63. The fourth-order valence-electron chi connectivity index (χ4n) is 1.46. The molecule has 0 radical (unpaired) electrons. The first-order valence-electron chi connectivity index (χ1n) is 5.26. The second-order valence-electron chi connectivity index (χ2n) is 3.63. The number of halogens is 3. The van der Waals surface area contributed by atoms with Crippen molar-refractivity contribution < 1.29 is 23.1 Å². The number of anilines is 1. The van der Waals surface area contributed by atoms with E-state index in [9.17, 15) is 18.0 Å². The number of nitrogen functional groups attached to an aromatic ring is 1. The van der Waals surface area contributed by atoms with Crippen molar-refractivity contribution in [3.05, 3.63) is 24.0 Å². The van der Waals surface area contributed by atoms with E-state index < -0.39 is 31.8 Å². The van der Waals surface area contributed by atoms with Crippen LogP contribution in [0.2, 0.25) is 0 Å². The number of aliphatic hydroxyl groups excluding tert-OH is 1. The summed E-state index contributed by atoms with van der Waals surface area (Å²) in [5.74, 6) is 4.27. The van der Waals surface area contributed by atoms with Gasteiger partial charge < -0.3 is 15.4 Å². The van der Waals surface area contributed by atoms with E-state index in [1.807, 2.05) is 0 Å². The number of alkyl halides is 3. The number of pyridine rings is 1. The highest BCUT2D eigenvalue weighted by Crippen LogP contribution is 2.20. The smallest absolute Gasteiger partial charge is 0.395 e. The number of nitrogens with one attached hydrogen (secondary N) is 1. The van der Waals surface area contributed by atoms with Crippen LogP contribution >= 0.6 is 0 Å². The Morgan fingerprint density at radius 1 is 1.53 bits per heavy atom. The standard InChI is InChI=1S/C10H13F3N4O2/c11-10(12,13)6-17(3-4-18)9(19)7-1-2-15-5-8(7)16-14/h1-2,5,16,18H,3-4,6,14H2. The van der Waals surface area contributed by atoms with Gasteiger partial charge in [-0.05, 0) is 6.07 Å². The number of aromatic nitrogens is 1. The summed E-state index contributed by atoms with van der Waals surface area (Å²) in [7, 11) is 0. The molecule has 0 aliphatic heterocycles. The molecule has 0 bridgehead atoms. The minimum atomic E-state index is -4.55. The Morgan fingerprint density at radius 2 is 2.21 bits per heavy atom. The summed E-state index contributed by atoms with van der Waals surface area (Å²) in [6.07, 6.45) is -2.06. The minimum Gasteiger partial charge on any atom is -0.395 e. The molecule has 0 saturated carbocycles. The SMILES string of the molecule is NNc1cnccc1C(=O)N(CCO)CC(F)(F)F. The molecule has 106 valence electrons. The molecule has 0 saturated heterocycles.